The summed E-state index contributed by atoms with van der Waals surface area (Å²) in [5, 5.41) is 3.06. The molecule has 0 aliphatic carbocycles. The molecule has 3 rings (SSSR count). The highest BCUT2D eigenvalue weighted by atomic mass is 16.5. The number of nitrogens with one attached hydrogen (secondary N) is 1. The third-order valence-electron chi connectivity index (χ3n) is 5.24. The molecular weight excluding hydrogens is 324 g/mol. The third-order valence-corrected chi connectivity index (χ3v) is 5.24. The smallest absolute Gasteiger partial charge is 0.251 e. The van der Waals surface area contributed by atoms with Gasteiger partial charge in [-0.05, 0) is 67.6 Å². The van der Waals surface area contributed by atoms with Crippen LogP contribution in [-0.4, -0.2) is 26.1 Å². The molecule has 1 saturated heterocycles. The highest BCUT2D eigenvalue weighted by Gasteiger charge is 2.17. The SMILES string of the molecule is COc1ccc(C(=O)N[C@H](C)c2ccc(N3CCC(C)CC3)cc2)cc1. The van der Waals surface area contributed by atoms with Crippen LogP contribution in [0, 0.1) is 5.92 Å². The summed E-state index contributed by atoms with van der Waals surface area (Å²) in [6.45, 7) is 6.60. The van der Waals surface area contributed by atoms with Crippen LogP contribution in [0.5, 0.6) is 5.75 Å². The average molecular weight is 352 g/mol. The molecule has 1 fully saturated rings. The number of benzene rings is 2. The number of piperidine rings is 1. The van der Waals surface area contributed by atoms with Crippen molar-refractivity contribution in [2.24, 2.45) is 5.92 Å². The second-order valence-electron chi connectivity index (χ2n) is 7.18. The highest BCUT2D eigenvalue weighted by Crippen LogP contribution is 2.24. The Morgan fingerprint density at radius 3 is 2.27 bits per heavy atom. The summed E-state index contributed by atoms with van der Waals surface area (Å²) in [5.41, 5.74) is 3.02. The molecule has 2 aromatic carbocycles. The summed E-state index contributed by atoms with van der Waals surface area (Å²) in [6, 6.07) is 15.7. The van der Waals surface area contributed by atoms with Crippen LogP contribution in [0.2, 0.25) is 0 Å². The lowest BCUT2D eigenvalue weighted by molar-refractivity contribution is 0.0940. The number of methoxy groups -OCH3 is 1. The van der Waals surface area contributed by atoms with Crippen LogP contribution >= 0.6 is 0 Å². The van der Waals surface area contributed by atoms with Gasteiger partial charge in [0.25, 0.3) is 5.91 Å². The van der Waals surface area contributed by atoms with E-state index >= 15 is 0 Å². The summed E-state index contributed by atoms with van der Waals surface area (Å²) < 4.78 is 5.13. The quantitative estimate of drug-likeness (QED) is 0.866. The Bertz CT molecular complexity index is 717. The minimum atomic E-state index is -0.0748. The lowest BCUT2D eigenvalue weighted by Gasteiger charge is -2.32. The summed E-state index contributed by atoms with van der Waals surface area (Å²) in [5.74, 6) is 1.50. The maximum atomic E-state index is 12.4. The van der Waals surface area contributed by atoms with E-state index in [-0.39, 0.29) is 11.9 Å². The molecule has 0 spiro atoms. The van der Waals surface area contributed by atoms with E-state index in [9.17, 15) is 4.79 Å². The summed E-state index contributed by atoms with van der Waals surface area (Å²) in [7, 11) is 1.62. The Balaban J connectivity index is 1.60. The molecule has 0 aromatic heterocycles. The number of ether oxygens (including phenoxy) is 1. The van der Waals surface area contributed by atoms with Gasteiger partial charge in [-0.3, -0.25) is 4.79 Å². The van der Waals surface area contributed by atoms with Gasteiger partial charge >= 0.3 is 0 Å². The number of carbonyl (C=O) groups excluding carboxylic acids is 1. The fourth-order valence-corrected chi connectivity index (χ4v) is 3.35. The molecule has 1 heterocycles. The van der Waals surface area contributed by atoms with Crippen molar-refractivity contribution in [3.63, 3.8) is 0 Å². The Labute approximate surface area is 156 Å². The zero-order valence-corrected chi connectivity index (χ0v) is 15.9. The first-order valence-corrected chi connectivity index (χ1v) is 9.36. The molecule has 4 heteroatoms. The Kier molecular flexibility index (Phi) is 5.82. The van der Waals surface area contributed by atoms with E-state index in [1.807, 2.05) is 6.92 Å². The molecule has 0 radical (unpaired) electrons. The van der Waals surface area contributed by atoms with Gasteiger partial charge in [0, 0.05) is 24.3 Å². The largest absolute Gasteiger partial charge is 0.497 e. The van der Waals surface area contributed by atoms with Crippen molar-refractivity contribution in [3.8, 4) is 5.75 Å². The van der Waals surface area contributed by atoms with Crippen molar-refractivity contribution in [2.75, 3.05) is 25.1 Å². The number of anilines is 1. The predicted molar refractivity (Wildman–Crippen MR) is 106 cm³/mol. The molecule has 1 amide bonds. The topological polar surface area (TPSA) is 41.6 Å². The van der Waals surface area contributed by atoms with Gasteiger partial charge < -0.3 is 15.0 Å². The van der Waals surface area contributed by atoms with Gasteiger partial charge in [0.1, 0.15) is 5.75 Å². The van der Waals surface area contributed by atoms with Gasteiger partial charge in [0.2, 0.25) is 0 Å². The molecule has 0 saturated carbocycles. The van der Waals surface area contributed by atoms with Crippen LogP contribution in [0.4, 0.5) is 5.69 Å². The number of carbonyl (C=O) groups is 1. The van der Waals surface area contributed by atoms with Crippen molar-refractivity contribution >= 4 is 11.6 Å². The van der Waals surface area contributed by atoms with Crippen LogP contribution in [0.3, 0.4) is 0 Å². The molecule has 0 bridgehead atoms. The molecule has 1 aliphatic heterocycles. The number of amides is 1. The van der Waals surface area contributed by atoms with Crippen molar-refractivity contribution in [1.29, 1.82) is 0 Å². The van der Waals surface area contributed by atoms with Gasteiger partial charge in [-0.25, -0.2) is 0 Å². The van der Waals surface area contributed by atoms with Crippen LogP contribution in [0.1, 0.15) is 48.7 Å². The van der Waals surface area contributed by atoms with Gasteiger partial charge in [-0.1, -0.05) is 19.1 Å². The van der Waals surface area contributed by atoms with E-state index < -0.39 is 0 Å². The Morgan fingerprint density at radius 1 is 1.08 bits per heavy atom. The lowest BCUT2D eigenvalue weighted by Crippen LogP contribution is -2.32. The van der Waals surface area contributed by atoms with Crippen molar-refractivity contribution in [2.45, 2.75) is 32.7 Å². The van der Waals surface area contributed by atoms with Crippen LogP contribution < -0.4 is 15.0 Å². The highest BCUT2D eigenvalue weighted by molar-refractivity contribution is 5.94. The first-order valence-electron chi connectivity index (χ1n) is 9.36. The summed E-state index contributed by atoms with van der Waals surface area (Å²) >= 11 is 0. The van der Waals surface area contributed by atoms with Gasteiger partial charge in [-0.15, -0.1) is 0 Å². The maximum Gasteiger partial charge on any atom is 0.251 e. The molecule has 1 aliphatic rings. The van der Waals surface area contributed by atoms with Crippen LogP contribution in [-0.2, 0) is 0 Å². The minimum absolute atomic E-state index is 0.0416. The standard InChI is InChI=1S/C22H28N2O2/c1-16-12-14-24(15-13-16)20-8-4-18(5-9-20)17(2)23-22(25)19-6-10-21(26-3)11-7-19/h4-11,16-17H,12-15H2,1-3H3,(H,23,25)/t17-/m1/s1. The van der Waals surface area contributed by atoms with Gasteiger partial charge in [0.05, 0.1) is 13.2 Å². The van der Waals surface area contributed by atoms with Gasteiger partial charge in [-0.2, -0.15) is 0 Å². The number of nitrogens with zero attached hydrogens (tertiary/aromatic N) is 1. The van der Waals surface area contributed by atoms with E-state index in [4.69, 9.17) is 4.74 Å². The van der Waals surface area contributed by atoms with Crippen molar-refractivity contribution in [1.82, 2.24) is 5.32 Å². The van der Waals surface area contributed by atoms with Crippen LogP contribution in [0.25, 0.3) is 0 Å². The molecule has 1 N–H and O–H groups in total. The van der Waals surface area contributed by atoms with E-state index in [1.165, 1.54) is 18.5 Å². The molecular formula is C22H28N2O2. The number of hydrogen-bond acceptors (Lipinski definition) is 3. The Morgan fingerprint density at radius 2 is 1.69 bits per heavy atom. The number of rotatable bonds is 5. The molecule has 1 atom stereocenters. The van der Waals surface area contributed by atoms with Crippen molar-refractivity contribution < 1.29 is 9.53 Å². The van der Waals surface area contributed by atoms with E-state index in [2.05, 4.69) is 41.4 Å². The van der Waals surface area contributed by atoms with E-state index in [1.54, 1.807) is 31.4 Å². The van der Waals surface area contributed by atoms with Gasteiger partial charge in [0.15, 0.2) is 0 Å². The molecule has 2 aromatic rings. The molecule has 138 valence electrons. The lowest BCUT2D eigenvalue weighted by atomic mass is 9.98. The molecule has 0 unspecified atom stereocenters. The fourth-order valence-electron chi connectivity index (χ4n) is 3.35. The second-order valence-corrected chi connectivity index (χ2v) is 7.18. The summed E-state index contributed by atoms with van der Waals surface area (Å²) in [4.78, 5) is 14.9. The fraction of sp³-hybridized carbons (Fsp3) is 0.409. The van der Waals surface area contributed by atoms with E-state index in [0.29, 0.717) is 5.56 Å². The normalized spacial score (nSPS) is 16.2. The van der Waals surface area contributed by atoms with Crippen LogP contribution in [0.15, 0.2) is 48.5 Å². The first-order chi connectivity index (χ1) is 12.6. The minimum Gasteiger partial charge on any atom is -0.497 e. The third kappa shape index (κ3) is 4.37. The Hall–Kier alpha value is -2.49. The molecule has 26 heavy (non-hydrogen) atoms. The average Bonchev–Trinajstić information content (AvgIpc) is 2.68. The first kappa shape index (κ1) is 18.3. The molecule has 4 nitrogen and oxygen atoms in total. The zero-order chi connectivity index (χ0) is 18.5. The van der Waals surface area contributed by atoms with Crippen molar-refractivity contribution in [3.05, 3.63) is 59.7 Å². The second kappa shape index (κ2) is 8.26. The number of hydrogen-bond donors (Lipinski definition) is 1. The monoisotopic (exact) mass is 352 g/mol. The predicted octanol–water partition coefficient (Wildman–Crippen LogP) is 4.42. The summed E-state index contributed by atoms with van der Waals surface area (Å²) in [6.07, 6.45) is 2.52. The zero-order valence-electron chi connectivity index (χ0n) is 15.9. The van der Waals surface area contributed by atoms with E-state index in [0.717, 1.165) is 30.3 Å². The maximum absolute atomic E-state index is 12.4.